The Morgan fingerprint density at radius 1 is 1.27 bits per heavy atom. The molecule has 26 heavy (non-hydrogen) atoms. The Balaban J connectivity index is 1.59. The predicted molar refractivity (Wildman–Crippen MR) is 103 cm³/mol. The summed E-state index contributed by atoms with van der Waals surface area (Å²) in [7, 11) is 0. The fourth-order valence-electron chi connectivity index (χ4n) is 3.69. The van der Waals surface area contributed by atoms with Crippen molar-refractivity contribution in [1.82, 2.24) is 25.8 Å². The quantitative estimate of drug-likeness (QED) is 0.568. The Labute approximate surface area is 153 Å². The predicted octanol–water partition coefficient (Wildman–Crippen LogP) is 2.73. The van der Waals surface area contributed by atoms with Crippen molar-refractivity contribution >= 4 is 11.0 Å². The van der Waals surface area contributed by atoms with Crippen molar-refractivity contribution < 1.29 is 5.11 Å². The van der Waals surface area contributed by atoms with Crippen LogP contribution in [-0.2, 0) is 6.54 Å². The highest BCUT2D eigenvalue weighted by molar-refractivity contribution is 5.84. The summed E-state index contributed by atoms with van der Waals surface area (Å²) < 4.78 is 0. The van der Waals surface area contributed by atoms with E-state index in [0.717, 1.165) is 54.2 Å². The number of fused-ring (bicyclic) bond motifs is 1. The largest absolute Gasteiger partial charge is 0.508 e. The molecule has 0 amide bonds. The first-order chi connectivity index (χ1) is 12.7. The second-order valence-corrected chi connectivity index (χ2v) is 7.10. The lowest BCUT2D eigenvalue weighted by atomic mass is 9.99. The Hall–Kier alpha value is -2.44. The Bertz CT molecular complexity index is 881. The van der Waals surface area contributed by atoms with Gasteiger partial charge in [-0.25, -0.2) is 4.98 Å². The highest BCUT2D eigenvalue weighted by atomic mass is 16.3. The van der Waals surface area contributed by atoms with Crippen molar-refractivity contribution in [3.05, 3.63) is 41.6 Å². The number of hydrogen-bond acceptors (Lipinski definition) is 5. The molecule has 1 unspecified atom stereocenters. The molecule has 1 saturated heterocycles. The van der Waals surface area contributed by atoms with Crippen LogP contribution in [0.4, 0.5) is 0 Å². The fourth-order valence-corrected chi connectivity index (χ4v) is 3.69. The molecular weight excluding hydrogens is 326 g/mol. The van der Waals surface area contributed by atoms with E-state index in [0.29, 0.717) is 5.92 Å². The van der Waals surface area contributed by atoms with Gasteiger partial charge in [-0.1, -0.05) is 0 Å². The van der Waals surface area contributed by atoms with Crippen LogP contribution < -0.4 is 10.6 Å². The molecule has 1 atom stereocenters. The third kappa shape index (κ3) is 3.57. The first-order valence-electron chi connectivity index (χ1n) is 9.26. The summed E-state index contributed by atoms with van der Waals surface area (Å²) in [6.45, 7) is 6.09. The molecule has 136 valence electrons. The molecule has 3 aromatic rings. The standard InChI is InChI=1S/C20H25N5O/c1-13-19-16(12-22-11-14-3-2-8-21-10-14)9-18(23-20(19)25-24-13)15-4-6-17(26)7-5-15/h4-7,9,14,21-22,26H,2-3,8,10-12H2,1H3,(H,23,24,25). The molecule has 4 N–H and O–H groups in total. The Kier molecular flexibility index (Phi) is 4.86. The number of aromatic hydroxyl groups is 1. The van der Waals surface area contributed by atoms with Gasteiger partial charge in [-0.15, -0.1) is 0 Å². The van der Waals surface area contributed by atoms with E-state index >= 15 is 0 Å². The number of phenolic OH excluding ortho intramolecular Hbond substituents is 1. The molecule has 3 heterocycles. The Morgan fingerprint density at radius 2 is 2.12 bits per heavy atom. The summed E-state index contributed by atoms with van der Waals surface area (Å²) in [5, 5.41) is 25.1. The van der Waals surface area contributed by atoms with Crippen molar-refractivity contribution in [3.8, 4) is 17.0 Å². The number of nitrogens with one attached hydrogen (secondary N) is 3. The van der Waals surface area contributed by atoms with Gasteiger partial charge in [0.2, 0.25) is 0 Å². The van der Waals surface area contributed by atoms with Gasteiger partial charge in [0.15, 0.2) is 5.65 Å². The van der Waals surface area contributed by atoms with E-state index in [1.807, 2.05) is 19.1 Å². The minimum Gasteiger partial charge on any atom is -0.508 e. The van der Waals surface area contributed by atoms with Crippen LogP contribution in [0.1, 0.15) is 24.1 Å². The van der Waals surface area contributed by atoms with Crippen LogP contribution in [0.15, 0.2) is 30.3 Å². The molecule has 0 saturated carbocycles. The van der Waals surface area contributed by atoms with Crippen LogP contribution in [0.3, 0.4) is 0 Å². The van der Waals surface area contributed by atoms with E-state index in [9.17, 15) is 5.11 Å². The van der Waals surface area contributed by atoms with Gasteiger partial charge in [0.25, 0.3) is 0 Å². The van der Waals surface area contributed by atoms with Crippen molar-refractivity contribution in [2.24, 2.45) is 5.92 Å². The van der Waals surface area contributed by atoms with Crippen molar-refractivity contribution in [1.29, 1.82) is 0 Å². The van der Waals surface area contributed by atoms with Crippen LogP contribution in [0.5, 0.6) is 5.75 Å². The van der Waals surface area contributed by atoms with Crippen LogP contribution in [0, 0.1) is 12.8 Å². The van der Waals surface area contributed by atoms with E-state index in [1.54, 1.807) is 12.1 Å². The summed E-state index contributed by atoms with van der Waals surface area (Å²) in [4.78, 5) is 4.69. The van der Waals surface area contributed by atoms with Gasteiger partial charge in [0, 0.05) is 23.2 Å². The number of piperidine rings is 1. The number of aryl methyl sites for hydroxylation is 1. The van der Waals surface area contributed by atoms with E-state index in [1.165, 1.54) is 18.4 Å². The number of aromatic nitrogens is 3. The molecule has 4 rings (SSSR count). The summed E-state index contributed by atoms with van der Waals surface area (Å²) in [6.07, 6.45) is 2.55. The van der Waals surface area contributed by atoms with Gasteiger partial charge in [0.1, 0.15) is 5.75 Å². The lowest BCUT2D eigenvalue weighted by Gasteiger charge is -2.23. The third-order valence-electron chi connectivity index (χ3n) is 5.10. The van der Waals surface area contributed by atoms with E-state index in [2.05, 4.69) is 26.9 Å². The van der Waals surface area contributed by atoms with E-state index in [4.69, 9.17) is 4.98 Å². The molecule has 1 fully saturated rings. The molecule has 0 aliphatic carbocycles. The number of pyridine rings is 1. The van der Waals surface area contributed by atoms with Crippen molar-refractivity contribution in [2.45, 2.75) is 26.3 Å². The van der Waals surface area contributed by atoms with Gasteiger partial charge < -0.3 is 15.7 Å². The highest BCUT2D eigenvalue weighted by Crippen LogP contribution is 2.26. The summed E-state index contributed by atoms with van der Waals surface area (Å²) in [5.41, 5.74) is 4.83. The molecule has 1 aliphatic rings. The van der Waals surface area contributed by atoms with E-state index < -0.39 is 0 Å². The van der Waals surface area contributed by atoms with Crippen LogP contribution >= 0.6 is 0 Å². The maximum absolute atomic E-state index is 9.52. The van der Waals surface area contributed by atoms with Crippen molar-refractivity contribution in [3.63, 3.8) is 0 Å². The second kappa shape index (κ2) is 7.43. The average molecular weight is 351 g/mol. The highest BCUT2D eigenvalue weighted by Gasteiger charge is 2.15. The maximum Gasteiger partial charge on any atom is 0.182 e. The number of phenols is 1. The fraction of sp³-hybridized carbons (Fsp3) is 0.400. The minimum atomic E-state index is 0.258. The molecule has 0 spiro atoms. The monoisotopic (exact) mass is 351 g/mol. The summed E-state index contributed by atoms with van der Waals surface area (Å²) in [6, 6.07) is 9.27. The molecule has 0 radical (unpaired) electrons. The zero-order chi connectivity index (χ0) is 17.9. The molecule has 1 aromatic carbocycles. The molecular formula is C20H25N5O. The second-order valence-electron chi connectivity index (χ2n) is 7.10. The molecule has 0 bridgehead atoms. The molecule has 2 aromatic heterocycles. The lowest BCUT2D eigenvalue weighted by Crippen LogP contribution is -2.35. The number of H-pyrrole nitrogens is 1. The first kappa shape index (κ1) is 17.0. The van der Waals surface area contributed by atoms with Gasteiger partial charge in [0.05, 0.1) is 5.69 Å². The van der Waals surface area contributed by atoms with Crippen molar-refractivity contribution in [2.75, 3.05) is 19.6 Å². The van der Waals surface area contributed by atoms with Crippen LogP contribution in [-0.4, -0.2) is 39.9 Å². The van der Waals surface area contributed by atoms with Gasteiger partial charge in [-0.3, -0.25) is 5.10 Å². The average Bonchev–Trinajstić information content (AvgIpc) is 3.04. The van der Waals surface area contributed by atoms with E-state index in [-0.39, 0.29) is 5.75 Å². The SMILES string of the molecule is Cc1[nH]nc2nc(-c3ccc(O)cc3)cc(CNCC3CCCNC3)c12. The first-order valence-corrected chi connectivity index (χ1v) is 9.26. The maximum atomic E-state index is 9.52. The topological polar surface area (TPSA) is 85.9 Å². The van der Waals surface area contributed by atoms with Gasteiger partial charge in [-0.05, 0) is 81.2 Å². The number of hydrogen-bond donors (Lipinski definition) is 4. The number of benzene rings is 1. The Morgan fingerprint density at radius 3 is 2.88 bits per heavy atom. The van der Waals surface area contributed by atoms with Gasteiger partial charge >= 0.3 is 0 Å². The number of nitrogens with zero attached hydrogens (tertiary/aromatic N) is 2. The molecule has 6 heteroatoms. The molecule has 1 aliphatic heterocycles. The molecule has 6 nitrogen and oxygen atoms in total. The van der Waals surface area contributed by atoms with Crippen LogP contribution in [0.2, 0.25) is 0 Å². The zero-order valence-corrected chi connectivity index (χ0v) is 15.0. The van der Waals surface area contributed by atoms with Crippen LogP contribution in [0.25, 0.3) is 22.3 Å². The zero-order valence-electron chi connectivity index (χ0n) is 15.0. The minimum absolute atomic E-state index is 0.258. The number of aromatic amines is 1. The third-order valence-corrected chi connectivity index (χ3v) is 5.10. The van der Waals surface area contributed by atoms with Gasteiger partial charge in [-0.2, -0.15) is 5.10 Å². The lowest BCUT2D eigenvalue weighted by molar-refractivity contribution is 0.360. The summed E-state index contributed by atoms with van der Waals surface area (Å²) >= 11 is 0. The number of rotatable bonds is 5. The smallest absolute Gasteiger partial charge is 0.182 e. The summed E-state index contributed by atoms with van der Waals surface area (Å²) in [5.74, 6) is 0.955. The normalized spacial score (nSPS) is 17.7.